The van der Waals surface area contributed by atoms with Crippen molar-refractivity contribution in [3.8, 4) is 0 Å². The van der Waals surface area contributed by atoms with Crippen molar-refractivity contribution in [3.63, 3.8) is 0 Å². The van der Waals surface area contributed by atoms with Gasteiger partial charge in [0.05, 0.1) is 5.75 Å². The number of fused-ring (bicyclic) bond motifs is 1. The van der Waals surface area contributed by atoms with E-state index in [4.69, 9.17) is 4.74 Å². The summed E-state index contributed by atoms with van der Waals surface area (Å²) in [7, 11) is -3.49. The molecule has 0 radical (unpaired) electrons. The van der Waals surface area contributed by atoms with Crippen molar-refractivity contribution in [1.29, 1.82) is 0 Å². The molecule has 9 nitrogen and oxygen atoms in total. The van der Waals surface area contributed by atoms with Crippen molar-refractivity contribution >= 4 is 49.8 Å². The van der Waals surface area contributed by atoms with Gasteiger partial charge in [-0.2, -0.15) is 0 Å². The summed E-state index contributed by atoms with van der Waals surface area (Å²) in [5.74, 6) is -0.158. The summed E-state index contributed by atoms with van der Waals surface area (Å²) in [5.41, 5.74) is -0.633. The normalized spacial score (nSPS) is 23.7. The van der Waals surface area contributed by atoms with Crippen molar-refractivity contribution in [2.45, 2.75) is 57.7 Å². The first kappa shape index (κ1) is 26.4. The van der Waals surface area contributed by atoms with Gasteiger partial charge in [-0.25, -0.2) is 22.9 Å². The smallest absolute Gasteiger partial charge is 0.411 e. The van der Waals surface area contributed by atoms with Gasteiger partial charge in [-0.3, -0.25) is 9.69 Å². The number of hydrogen-bond acceptors (Lipinski definition) is 6. The molecular weight excluding hydrogens is 524 g/mol. The number of amides is 2. The molecule has 34 heavy (non-hydrogen) atoms. The minimum absolute atomic E-state index is 0.0597. The van der Waals surface area contributed by atoms with Gasteiger partial charge < -0.3 is 10.1 Å². The minimum atomic E-state index is -3.49. The maximum atomic E-state index is 13.3. The molecule has 0 bridgehead atoms. The number of hydrogen-bond donors (Lipinski definition) is 2. The average molecular weight is 555 g/mol. The molecule has 11 heteroatoms. The monoisotopic (exact) mass is 554 g/mol. The van der Waals surface area contributed by atoms with Crippen LogP contribution < -0.4 is 10.0 Å². The minimum Gasteiger partial charge on any atom is -0.444 e. The van der Waals surface area contributed by atoms with E-state index in [-0.39, 0.29) is 18.3 Å². The van der Waals surface area contributed by atoms with E-state index in [1.807, 2.05) is 0 Å². The topological polar surface area (TPSA) is 118 Å². The Balaban J connectivity index is 1.82. The lowest BCUT2D eigenvalue weighted by atomic mass is 9.99. The number of rotatable bonds is 9. The molecule has 2 fully saturated rings. The van der Waals surface area contributed by atoms with Crippen LogP contribution in [0.3, 0.4) is 0 Å². The number of pyridine rings is 1. The lowest BCUT2D eigenvalue weighted by Crippen LogP contribution is -2.47. The number of allylic oxidation sites excluding steroid dienone is 1. The van der Waals surface area contributed by atoms with Gasteiger partial charge in [0.15, 0.2) is 0 Å². The zero-order valence-corrected chi connectivity index (χ0v) is 22.0. The van der Waals surface area contributed by atoms with Crippen LogP contribution in [-0.4, -0.2) is 60.3 Å². The Morgan fingerprint density at radius 2 is 2.03 bits per heavy atom. The lowest BCUT2D eigenvalue weighted by Gasteiger charge is -2.29. The van der Waals surface area contributed by atoms with E-state index in [9.17, 15) is 18.0 Å². The van der Waals surface area contributed by atoms with E-state index in [0.717, 1.165) is 0 Å². The fraction of sp³-hybridized carbons (Fsp3) is 0.522. The third kappa shape index (κ3) is 6.05. The highest BCUT2D eigenvalue weighted by Gasteiger charge is 2.67. The Morgan fingerprint density at radius 3 is 2.65 bits per heavy atom. The number of likely N-dealkylation sites (tertiary alicyclic amines) is 1. The molecule has 3 rings (SSSR count). The number of ether oxygens (including phenoxy) is 1. The molecule has 1 aromatic heterocycles. The number of carbonyl (C=O) groups is 2. The van der Waals surface area contributed by atoms with Crippen LogP contribution in [0.5, 0.6) is 0 Å². The fourth-order valence-electron chi connectivity index (χ4n) is 4.17. The zero-order valence-electron chi connectivity index (χ0n) is 19.6. The first-order valence-corrected chi connectivity index (χ1v) is 13.4. The van der Waals surface area contributed by atoms with Gasteiger partial charge in [-0.15, -0.1) is 6.58 Å². The van der Waals surface area contributed by atoms with Gasteiger partial charge in [0.1, 0.15) is 22.1 Å². The maximum Gasteiger partial charge on any atom is 0.411 e. The van der Waals surface area contributed by atoms with Crippen molar-refractivity contribution in [3.05, 3.63) is 41.5 Å². The number of anilines is 1. The summed E-state index contributed by atoms with van der Waals surface area (Å²) in [4.78, 5) is 32.1. The Bertz CT molecular complexity index is 1100. The number of carbonyl (C=O) groups excluding carboxylic acids is 2. The number of sulfonamides is 1. The van der Waals surface area contributed by atoms with E-state index < -0.39 is 39.1 Å². The Hall–Kier alpha value is -2.24. The molecule has 0 aromatic carbocycles. The molecule has 1 saturated carbocycles. The van der Waals surface area contributed by atoms with Crippen LogP contribution in [0, 0.1) is 5.41 Å². The first-order valence-electron chi connectivity index (χ1n) is 11.0. The summed E-state index contributed by atoms with van der Waals surface area (Å²) < 4.78 is 33.4. The molecular formula is C23H31BrN4O5S. The molecule has 0 spiro atoms. The van der Waals surface area contributed by atoms with Crippen LogP contribution in [0.4, 0.5) is 10.6 Å². The van der Waals surface area contributed by atoms with Gasteiger partial charge >= 0.3 is 6.09 Å². The number of nitrogens with one attached hydrogen (secondary N) is 2. The summed E-state index contributed by atoms with van der Waals surface area (Å²) in [6, 6.07) is 2.37. The van der Waals surface area contributed by atoms with Gasteiger partial charge in [0, 0.05) is 23.6 Å². The molecule has 2 aliphatic rings. The van der Waals surface area contributed by atoms with E-state index in [0.29, 0.717) is 35.2 Å². The van der Waals surface area contributed by atoms with Gasteiger partial charge in [0.2, 0.25) is 15.9 Å². The van der Waals surface area contributed by atoms with Crippen LogP contribution in [0.25, 0.3) is 6.08 Å². The van der Waals surface area contributed by atoms with E-state index in [2.05, 4.69) is 44.1 Å². The maximum absolute atomic E-state index is 13.3. The molecule has 3 atom stereocenters. The third-order valence-electron chi connectivity index (χ3n) is 5.91. The molecule has 1 aliphatic carbocycles. The summed E-state index contributed by atoms with van der Waals surface area (Å²) >= 11 is 3.30. The van der Waals surface area contributed by atoms with Gasteiger partial charge in [-0.1, -0.05) is 18.7 Å². The quantitative estimate of drug-likeness (QED) is 0.355. The summed E-state index contributed by atoms with van der Waals surface area (Å²) in [5, 5.41) is 2.80. The Labute approximate surface area is 209 Å². The SMILES string of the molecule is C=CCCS(=O)(=O)NC[C@@]12C[C@@H](C(=O)Nc3nc(Br)ccc3C=C)N(C(=O)OC(C)(C)C)[C@@H]1C2. The second-order valence-corrected chi connectivity index (χ2v) is 12.4. The largest absolute Gasteiger partial charge is 0.444 e. The number of halogens is 1. The second kappa shape index (κ2) is 9.79. The van der Waals surface area contributed by atoms with E-state index in [1.165, 1.54) is 4.90 Å². The predicted molar refractivity (Wildman–Crippen MR) is 135 cm³/mol. The summed E-state index contributed by atoms with van der Waals surface area (Å²) in [6.07, 6.45) is 3.76. The third-order valence-corrected chi connectivity index (χ3v) is 7.71. The van der Waals surface area contributed by atoms with Crippen molar-refractivity contribution < 1.29 is 22.7 Å². The molecule has 1 saturated heterocycles. The Kier molecular flexibility index (Phi) is 7.59. The van der Waals surface area contributed by atoms with Crippen molar-refractivity contribution in [2.24, 2.45) is 5.41 Å². The zero-order chi connectivity index (χ0) is 25.3. The van der Waals surface area contributed by atoms with E-state index in [1.54, 1.807) is 45.1 Å². The molecule has 2 heterocycles. The number of aromatic nitrogens is 1. The highest BCUT2D eigenvalue weighted by molar-refractivity contribution is 9.10. The number of nitrogens with zero attached hydrogens (tertiary/aromatic N) is 2. The molecule has 186 valence electrons. The molecule has 1 aromatic rings. The highest BCUT2D eigenvalue weighted by Crippen LogP contribution is 2.59. The van der Waals surface area contributed by atoms with Crippen LogP contribution in [-0.2, 0) is 19.6 Å². The summed E-state index contributed by atoms with van der Waals surface area (Å²) in [6.45, 7) is 12.7. The van der Waals surface area contributed by atoms with Crippen molar-refractivity contribution in [1.82, 2.24) is 14.6 Å². The highest BCUT2D eigenvalue weighted by atomic mass is 79.9. The molecule has 0 unspecified atom stereocenters. The van der Waals surface area contributed by atoms with Gasteiger partial charge in [0.25, 0.3) is 0 Å². The molecule has 2 N–H and O–H groups in total. The van der Waals surface area contributed by atoms with E-state index >= 15 is 0 Å². The van der Waals surface area contributed by atoms with Crippen LogP contribution in [0.1, 0.15) is 45.6 Å². The fourth-order valence-corrected chi connectivity index (χ4v) is 5.60. The van der Waals surface area contributed by atoms with Crippen LogP contribution in [0.15, 0.2) is 36.0 Å². The van der Waals surface area contributed by atoms with Crippen molar-refractivity contribution in [2.75, 3.05) is 17.6 Å². The van der Waals surface area contributed by atoms with Crippen LogP contribution in [0.2, 0.25) is 0 Å². The molecule has 2 amide bonds. The lowest BCUT2D eigenvalue weighted by molar-refractivity contribution is -0.121. The first-order chi connectivity index (χ1) is 15.8. The van der Waals surface area contributed by atoms with Gasteiger partial charge in [-0.05, 0) is 68.1 Å². The average Bonchev–Trinajstić information content (AvgIpc) is 3.33. The Morgan fingerprint density at radius 1 is 1.32 bits per heavy atom. The standard InChI is InChI=1S/C23H31BrN4O5S/c1-6-8-11-34(31,32)25-14-23-12-16(28(17(23)13-23)21(30)33-22(3,4)5)20(29)27-19-15(7-2)9-10-18(24)26-19/h6-7,9-10,16-17,25H,1-2,8,11-14H2,3-5H3,(H,26,27,29)/t16-,17+,23-/m0/s1. The molecule has 1 aliphatic heterocycles. The predicted octanol–water partition coefficient (Wildman–Crippen LogP) is 3.69. The second-order valence-electron chi connectivity index (χ2n) is 9.67. The number of piperidine rings is 1. The van der Waals surface area contributed by atoms with Crippen LogP contribution >= 0.6 is 15.9 Å².